The summed E-state index contributed by atoms with van der Waals surface area (Å²) in [4.78, 5) is 24.7. The van der Waals surface area contributed by atoms with E-state index < -0.39 is 60.1 Å². The highest BCUT2D eigenvalue weighted by Crippen LogP contribution is 2.58. The fourth-order valence-corrected chi connectivity index (χ4v) is 4.90. The fourth-order valence-electron chi connectivity index (χ4n) is 4.90. The minimum atomic E-state index is -7.74. The van der Waals surface area contributed by atoms with Gasteiger partial charge in [-0.15, -0.1) is 0 Å². The van der Waals surface area contributed by atoms with Crippen molar-refractivity contribution >= 4 is 11.9 Å². The van der Waals surface area contributed by atoms with Crippen LogP contribution in [0.25, 0.3) is 11.1 Å². The lowest BCUT2D eigenvalue weighted by Crippen LogP contribution is -2.69. The largest absolute Gasteiger partial charge is 0.494 e. The molecule has 0 bridgehead atoms. The molecule has 0 aliphatic carbocycles. The smallest absolute Gasteiger partial charge is 0.384 e. The van der Waals surface area contributed by atoms with E-state index in [-0.39, 0.29) is 11.3 Å². The van der Waals surface area contributed by atoms with E-state index in [1.165, 1.54) is 50.7 Å². The van der Waals surface area contributed by atoms with Crippen molar-refractivity contribution in [3.05, 3.63) is 83.9 Å². The van der Waals surface area contributed by atoms with Crippen molar-refractivity contribution in [3.8, 4) is 22.6 Å². The lowest BCUT2D eigenvalue weighted by molar-refractivity contribution is -0.414. The highest BCUT2D eigenvalue weighted by Gasteiger charge is 2.87. The van der Waals surface area contributed by atoms with Crippen LogP contribution in [0.1, 0.15) is 79.0 Å². The van der Waals surface area contributed by atoms with Gasteiger partial charge in [0.05, 0.1) is 17.7 Å². The van der Waals surface area contributed by atoms with Gasteiger partial charge < -0.3 is 14.2 Å². The average Bonchev–Trinajstić information content (AvgIpc) is 3.13. The van der Waals surface area contributed by atoms with Crippen LogP contribution in [0.4, 0.5) is 52.7 Å². The number of hydrogen-bond donors (Lipinski definition) is 0. The lowest BCUT2D eigenvalue weighted by atomic mass is 9.94. The van der Waals surface area contributed by atoms with Gasteiger partial charge in [-0.05, 0) is 66.1 Å². The van der Waals surface area contributed by atoms with Crippen molar-refractivity contribution in [1.29, 1.82) is 0 Å². The third-order valence-corrected chi connectivity index (χ3v) is 8.20. The molecule has 0 aromatic heterocycles. The first-order valence-electron chi connectivity index (χ1n) is 16.7. The molecule has 0 spiro atoms. The molecule has 3 rings (SSSR count). The highest BCUT2D eigenvalue weighted by atomic mass is 19.4. The van der Waals surface area contributed by atoms with Gasteiger partial charge in [-0.3, -0.25) is 0 Å². The van der Waals surface area contributed by atoms with E-state index in [2.05, 4.69) is 11.7 Å². The van der Waals surface area contributed by atoms with Crippen LogP contribution in [0.15, 0.2) is 72.8 Å². The van der Waals surface area contributed by atoms with E-state index in [1.54, 1.807) is 12.1 Å². The van der Waals surface area contributed by atoms with Crippen molar-refractivity contribution in [2.24, 2.45) is 0 Å². The Morgan fingerprint density at radius 1 is 0.556 bits per heavy atom. The molecule has 0 saturated heterocycles. The van der Waals surface area contributed by atoms with E-state index in [1.807, 2.05) is 24.3 Å². The fraction of sp³-hybridized carbons (Fsp3) is 0.459. The number of carbonyl (C=O) groups excluding carboxylic acids is 2. The van der Waals surface area contributed by atoms with Gasteiger partial charge in [0.1, 0.15) is 11.5 Å². The average molecular weight is 789 g/mol. The molecule has 5 nitrogen and oxygen atoms in total. The predicted molar refractivity (Wildman–Crippen MR) is 172 cm³/mol. The summed E-state index contributed by atoms with van der Waals surface area (Å²) in [5, 5.41) is 0. The SMILES string of the molecule is CCCCCCCCCCOc1ccc(-c2ccc(C(=O)Oc3ccc(C(=O)OCC(F)(F)C(F)(F)C(F)(F)C(F)(F)C(F)(F)C(F)F)cc3)cc2)cc1. The second-order valence-corrected chi connectivity index (χ2v) is 12.3. The molecule has 54 heavy (non-hydrogen) atoms. The van der Waals surface area contributed by atoms with Crippen LogP contribution in [-0.4, -0.2) is 61.2 Å². The van der Waals surface area contributed by atoms with Gasteiger partial charge in [-0.25, -0.2) is 18.4 Å². The standard InChI is InChI=1S/C37H36F12O5/c1-2-3-4-5-6-7-8-9-22-52-28-18-14-25(15-19-28)24-10-12-27(13-11-24)31(51)54-29-20-16-26(17-21-29)30(50)53-23-33(40,41)35(44,45)37(48,49)36(46,47)34(42,43)32(38)39/h10-21,32H,2-9,22-23H2,1H3. The third kappa shape index (κ3) is 10.2. The number of ether oxygens (including phenoxy) is 3. The summed E-state index contributed by atoms with van der Waals surface area (Å²) < 4.78 is 175. The van der Waals surface area contributed by atoms with Crippen LogP contribution < -0.4 is 9.47 Å². The molecule has 0 radical (unpaired) electrons. The molecule has 298 valence electrons. The molecule has 0 amide bonds. The summed E-state index contributed by atoms with van der Waals surface area (Å²) in [5.41, 5.74) is 0.961. The Bertz CT molecular complexity index is 1650. The summed E-state index contributed by atoms with van der Waals surface area (Å²) >= 11 is 0. The number of benzene rings is 3. The number of unbranched alkanes of at least 4 members (excludes halogenated alkanes) is 7. The minimum absolute atomic E-state index is 0.0874. The molecular weight excluding hydrogens is 752 g/mol. The van der Waals surface area contributed by atoms with Crippen LogP contribution >= 0.6 is 0 Å². The Kier molecular flexibility index (Phi) is 14.9. The summed E-state index contributed by atoms with van der Waals surface area (Å²) in [6.45, 7) is -0.256. The Labute approximate surface area is 302 Å². The molecule has 0 fully saturated rings. The molecule has 0 atom stereocenters. The number of halogens is 12. The van der Waals surface area contributed by atoms with E-state index in [4.69, 9.17) is 9.47 Å². The van der Waals surface area contributed by atoms with Gasteiger partial charge in [0, 0.05) is 0 Å². The highest BCUT2D eigenvalue weighted by molar-refractivity contribution is 5.92. The Balaban J connectivity index is 1.52. The summed E-state index contributed by atoms with van der Waals surface area (Å²) in [6.07, 6.45) is 3.85. The van der Waals surface area contributed by atoms with Crippen molar-refractivity contribution in [2.75, 3.05) is 13.2 Å². The number of alkyl halides is 12. The molecule has 0 heterocycles. The molecule has 0 N–H and O–H groups in total. The van der Waals surface area contributed by atoms with Gasteiger partial charge in [-0.1, -0.05) is 76.1 Å². The lowest BCUT2D eigenvalue weighted by Gasteiger charge is -2.38. The minimum Gasteiger partial charge on any atom is -0.494 e. The summed E-state index contributed by atoms with van der Waals surface area (Å²) in [5.74, 6) is -38.7. The number of esters is 2. The number of carbonyl (C=O) groups is 2. The molecule has 0 aliphatic heterocycles. The Morgan fingerprint density at radius 2 is 1.00 bits per heavy atom. The zero-order chi connectivity index (χ0) is 40.4. The van der Waals surface area contributed by atoms with E-state index in [9.17, 15) is 62.3 Å². The Morgan fingerprint density at radius 3 is 1.52 bits per heavy atom. The molecule has 0 aliphatic rings. The van der Waals surface area contributed by atoms with E-state index in [0.717, 1.165) is 48.2 Å². The molecule has 0 unspecified atom stereocenters. The maximum Gasteiger partial charge on any atom is 0.384 e. The predicted octanol–water partition coefficient (Wildman–Crippen LogP) is 11.7. The molecule has 17 heteroatoms. The third-order valence-electron chi connectivity index (χ3n) is 8.20. The van der Waals surface area contributed by atoms with Crippen molar-refractivity contribution in [1.82, 2.24) is 0 Å². The van der Waals surface area contributed by atoms with Gasteiger partial charge in [0.25, 0.3) is 0 Å². The van der Waals surface area contributed by atoms with Gasteiger partial charge in [-0.2, -0.15) is 43.9 Å². The van der Waals surface area contributed by atoms with Crippen molar-refractivity contribution in [3.63, 3.8) is 0 Å². The molecular formula is C37H36F12O5. The van der Waals surface area contributed by atoms with E-state index in [0.29, 0.717) is 12.4 Å². The van der Waals surface area contributed by atoms with Crippen LogP contribution in [0.5, 0.6) is 11.5 Å². The van der Waals surface area contributed by atoms with Crippen LogP contribution in [0, 0.1) is 0 Å². The molecule has 0 saturated carbocycles. The monoisotopic (exact) mass is 788 g/mol. The zero-order valence-corrected chi connectivity index (χ0v) is 28.7. The van der Waals surface area contributed by atoms with Gasteiger partial charge in [0.15, 0.2) is 6.61 Å². The summed E-state index contributed by atoms with van der Waals surface area (Å²) in [7, 11) is 0. The van der Waals surface area contributed by atoms with Gasteiger partial charge >= 0.3 is 48.0 Å². The second-order valence-electron chi connectivity index (χ2n) is 12.3. The first-order chi connectivity index (χ1) is 25.2. The van der Waals surface area contributed by atoms with Crippen LogP contribution in [0.2, 0.25) is 0 Å². The normalized spacial score (nSPS) is 12.9. The first-order valence-corrected chi connectivity index (χ1v) is 16.7. The van der Waals surface area contributed by atoms with E-state index >= 15 is 0 Å². The molecule has 3 aromatic carbocycles. The maximum atomic E-state index is 14.0. The second kappa shape index (κ2) is 18.3. The van der Waals surface area contributed by atoms with Crippen LogP contribution in [0.3, 0.4) is 0 Å². The number of hydrogen-bond acceptors (Lipinski definition) is 5. The zero-order valence-electron chi connectivity index (χ0n) is 28.7. The number of rotatable bonds is 21. The summed E-state index contributed by atoms with van der Waals surface area (Å²) in [6, 6.07) is 16.9. The Hall–Kier alpha value is -4.44. The van der Waals surface area contributed by atoms with Crippen molar-refractivity contribution < 1.29 is 76.5 Å². The molecule has 3 aromatic rings. The maximum absolute atomic E-state index is 14.0. The topological polar surface area (TPSA) is 61.8 Å². The quantitative estimate of drug-likeness (QED) is 0.0466. The van der Waals surface area contributed by atoms with Crippen molar-refractivity contribution in [2.45, 2.75) is 94.3 Å². The first kappa shape index (κ1) is 44.0. The van der Waals surface area contributed by atoms with Gasteiger partial charge in [0.2, 0.25) is 0 Å². The van der Waals surface area contributed by atoms with Crippen LogP contribution in [-0.2, 0) is 4.74 Å².